The van der Waals surface area contributed by atoms with Crippen molar-refractivity contribution in [3.8, 4) is 0 Å². The summed E-state index contributed by atoms with van der Waals surface area (Å²) >= 11 is 1.19. The van der Waals surface area contributed by atoms with Crippen molar-refractivity contribution in [2.24, 2.45) is 0 Å². The summed E-state index contributed by atoms with van der Waals surface area (Å²) in [4.78, 5) is 12.9. The molecule has 7 nitrogen and oxygen atoms in total. The minimum absolute atomic E-state index is 0.0232. The van der Waals surface area contributed by atoms with E-state index in [1.165, 1.54) is 11.8 Å². The topological polar surface area (TPSA) is 80.5 Å². The van der Waals surface area contributed by atoms with Gasteiger partial charge in [-0.15, -0.1) is 10.2 Å². The Balaban J connectivity index is 3.07. The average molecular weight is 316 g/mol. The Hall–Kier alpha value is -1.28. The Morgan fingerprint density at radius 3 is 2.57 bits per heavy atom. The zero-order chi connectivity index (χ0) is 16.0. The van der Waals surface area contributed by atoms with E-state index in [4.69, 9.17) is 9.84 Å². The number of hydrogen-bond donors (Lipinski definition) is 1. The van der Waals surface area contributed by atoms with Crippen molar-refractivity contribution in [1.82, 2.24) is 14.8 Å². The molecule has 0 aliphatic rings. The van der Waals surface area contributed by atoms with Crippen LogP contribution >= 0.6 is 11.8 Å². The fourth-order valence-electron chi connectivity index (χ4n) is 2.12. The molecule has 1 heterocycles. The number of methoxy groups -OCH3 is 1. The normalized spacial score (nSPS) is 12.7. The van der Waals surface area contributed by atoms with E-state index in [9.17, 15) is 4.79 Å². The summed E-state index contributed by atoms with van der Waals surface area (Å²) in [6.45, 7) is 9.56. The lowest BCUT2D eigenvalue weighted by molar-refractivity contribution is -0.133. The van der Waals surface area contributed by atoms with E-state index in [1.807, 2.05) is 18.4 Å². The van der Waals surface area contributed by atoms with Crippen molar-refractivity contribution in [3.05, 3.63) is 0 Å². The molecule has 0 spiro atoms. The van der Waals surface area contributed by atoms with Gasteiger partial charge in [0.25, 0.3) is 0 Å². The third-order valence-electron chi connectivity index (χ3n) is 3.03. The minimum Gasteiger partial charge on any atom is -0.481 e. The number of hydrogen-bond acceptors (Lipinski definition) is 6. The zero-order valence-corrected chi connectivity index (χ0v) is 14.1. The number of nitrogens with zero attached hydrogens (tertiary/aromatic N) is 4. The summed E-state index contributed by atoms with van der Waals surface area (Å²) in [5.41, 5.74) is 0. The van der Waals surface area contributed by atoms with Crippen molar-refractivity contribution in [2.45, 2.75) is 44.9 Å². The van der Waals surface area contributed by atoms with Gasteiger partial charge in [0.2, 0.25) is 5.95 Å². The van der Waals surface area contributed by atoms with Crippen LogP contribution in [-0.4, -0.2) is 57.9 Å². The Kier molecular flexibility index (Phi) is 6.97. The highest BCUT2D eigenvalue weighted by Crippen LogP contribution is 2.27. The van der Waals surface area contributed by atoms with E-state index in [1.54, 1.807) is 7.11 Å². The van der Waals surface area contributed by atoms with Crippen LogP contribution in [0.4, 0.5) is 5.95 Å². The molecule has 0 saturated heterocycles. The van der Waals surface area contributed by atoms with Crippen LogP contribution in [0.1, 0.15) is 33.7 Å². The first kappa shape index (κ1) is 17.8. The standard InChI is InChI=1S/C13H24N4O3S/c1-6-16(10(4)7-20-5)12-14-15-13(17(12)9(2)3)21-8-11(18)19/h9-10H,6-8H2,1-5H3,(H,18,19). The van der Waals surface area contributed by atoms with Gasteiger partial charge < -0.3 is 14.7 Å². The van der Waals surface area contributed by atoms with Crippen LogP contribution < -0.4 is 4.90 Å². The molecule has 0 aromatic carbocycles. The van der Waals surface area contributed by atoms with Crippen molar-refractivity contribution >= 4 is 23.7 Å². The van der Waals surface area contributed by atoms with Gasteiger partial charge >= 0.3 is 5.97 Å². The zero-order valence-electron chi connectivity index (χ0n) is 13.2. The van der Waals surface area contributed by atoms with Gasteiger partial charge in [0, 0.05) is 19.7 Å². The van der Waals surface area contributed by atoms with Crippen LogP contribution in [0.3, 0.4) is 0 Å². The van der Waals surface area contributed by atoms with E-state index in [2.05, 4.69) is 28.9 Å². The number of carboxylic acid groups (broad SMARTS) is 1. The summed E-state index contributed by atoms with van der Waals surface area (Å²) in [5, 5.41) is 17.9. The highest BCUT2D eigenvalue weighted by atomic mass is 32.2. The Labute approximate surface area is 129 Å². The molecule has 0 aliphatic carbocycles. The predicted octanol–water partition coefficient (Wildman–Crippen LogP) is 1.90. The van der Waals surface area contributed by atoms with Crippen molar-refractivity contribution < 1.29 is 14.6 Å². The monoisotopic (exact) mass is 316 g/mol. The summed E-state index contributed by atoms with van der Waals surface area (Å²) in [6.07, 6.45) is 0. The van der Waals surface area contributed by atoms with Crippen molar-refractivity contribution in [3.63, 3.8) is 0 Å². The Bertz CT molecular complexity index is 464. The number of carboxylic acids is 1. The third-order valence-corrected chi connectivity index (χ3v) is 3.95. The van der Waals surface area contributed by atoms with Crippen molar-refractivity contribution in [1.29, 1.82) is 0 Å². The molecule has 0 aliphatic heterocycles. The third kappa shape index (κ3) is 4.60. The molecule has 120 valence electrons. The number of likely N-dealkylation sites (N-methyl/N-ethyl adjacent to an activating group) is 1. The summed E-state index contributed by atoms with van der Waals surface area (Å²) in [6, 6.07) is 0.314. The van der Waals surface area contributed by atoms with Gasteiger partial charge in [0.15, 0.2) is 5.16 Å². The number of carbonyl (C=O) groups is 1. The molecule has 0 saturated carbocycles. The van der Waals surface area contributed by atoms with Gasteiger partial charge in [-0.2, -0.15) is 0 Å². The highest BCUT2D eigenvalue weighted by molar-refractivity contribution is 7.99. The molecule has 0 radical (unpaired) electrons. The van der Waals surface area contributed by atoms with Crippen LogP contribution in [0.25, 0.3) is 0 Å². The lowest BCUT2D eigenvalue weighted by Crippen LogP contribution is -2.38. The number of thioether (sulfide) groups is 1. The molecule has 1 rings (SSSR count). The molecule has 8 heteroatoms. The van der Waals surface area contributed by atoms with Crippen LogP contribution in [-0.2, 0) is 9.53 Å². The molecule has 1 atom stereocenters. The first-order valence-corrected chi connectivity index (χ1v) is 7.95. The molecule has 1 aromatic heterocycles. The van der Waals surface area contributed by atoms with Crippen LogP contribution in [0.2, 0.25) is 0 Å². The first-order valence-electron chi connectivity index (χ1n) is 6.97. The fraction of sp³-hybridized carbons (Fsp3) is 0.769. The van der Waals surface area contributed by atoms with E-state index in [-0.39, 0.29) is 17.8 Å². The smallest absolute Gasteiger partial charge is 0.313 e. The number of aromatic nitrogens is 3. The number of aliphatic carboxylic acids is 1. The van der Waals surface area contributed by atoms with Crippen LogP contribution in [0, 0.1) is 0 Å². The predicted molar refractivity (Wildman–Crippen MR) is 83.1 cm³/mol. The molecule has 1 aromatic rings. The number of rotatable bonds is 9. The summed E-state index contributed by atoms with van der Waals surface area (Å²) in [5.74, 6) is -0.130. The van der Waals surface area contributed by atoms with Gasteiger partial charge in [-0.3, -0.25) is 9.36 Å². The van der Waals surface area contributed by atoms with Crippen LogP contribution in [0.15, 0.2) is 5.16 Å². The van der Waals surface area contributed by atoms with E-state index >= 15 is 0 Å². The second kappa shape index (κ2) is 8.23. The maximum absolute atomic E-state index is 10.7. The van der Waals surface area contributed by atoms with E-state index < -0.39 is 5.97 Å². The number of anilines is 1. The van der Waals surface area contributed by atoms with Crippen LogP contribution in [0.5, 0.6) is 0 Å². The Morgan fingerprint density at radius 1 is 1.43 bits per heavy atom. The highest BCUT2D eigenvalue weighted by Gasteiger charge is 2.23. The van der Waals surface area contributed by atoms with Gasteiger partial charge in [0.1, 0.15) is 0 Å². The van der Waals surface area contributed by atoms with Gasteiger partial charge in [-0.1, -0.05) is 11.8 Å². The molecule has 1 N–H and O–H groups in total. The largest absolute Gasteiger partial charge is 0.481 e. The molecule has 1 unspecified atom stereocenters. The summed E-state index contributed by atoms with van der Waals surface area (Å²) < 4.78 is 7.19. The molecular weight excluding hydrogens is 292 g/mol. The second-order valence-corrected chi connectivity index (χ2v) is 5.96. The molecular formula is C13H24N4O3S. The maximum atomic E-state index is 10.7. The molecule has 0 fully saturated rings. The maximum Gasteiger partial charge on any atom is 0.313 e. The average Bonchev–Trinajstić information content (AvgIpc) is 2.81. The minimum atomic E-state index is -0.861. The number of ether oxygens (including phenoxy) is 1. The SMILES string of the molecule is CCN(c1nnc(SCC(=O)O)n1C(C)C)C(C)COC. The summed E-state index contributed by atoms with van der Waals surface area (Å²) in [7, 11) is 1.67. The second-order valence-electron chi connectivity index (χ2n) is 5.02. The first-order chi connectivity index (χ1) is 9.92. The molecule has 0 bridgehead atoms. The lowest BCUT2D eigenvalue weighted by Gasteiger charge is -2.29. The van der Waals surface area contributed by atoms with Gasteiger partial charge in [0.05, 0.1) is 18.4 Å². The lowest BCUT2D eigenvalue weighted by atomic mass is 10.3. The van der Waals surface area contributed by atoms with Gasteiger partial charge in [-0.25, -0.2) is 0 Å². The van der Waals surface area contributed by atoms with E-state index in [0.29, 0.717) is 11.8 Å². The molecule has 21 heavy (non-hydrogen) atoms. The van der Waals surface area contributed by atoms with Gasteiger partial charge in [-0.05, 0) is 27.7 Å². The molecule has 0 amide bonds. The quantitative estimate of drug-likeness (QED) is 0.697. The Morgan fingerprint density at radius 2 is 2.10 bits per heavy atom. The van der Waals surface area contributed by atoms with E-state index in [0.717, 1.165) is 12.5 Å². The fourth-order valence-corrected chi connectivity index (χ4v) is 2.91. The van der Waals surface area contributed by atoms with Crippen molar-refractivity contribution in [2.75, 3.05) is 30.9 Å².